The maximum atomic E-state index is 12.3. The van der Waals surface area contributed by atoms with Crippen LogP contribution in [0.25, 0.3) is 0 Å². The van der Waals surface area contributed by atoms with Crippen LogP contribution < -0.4 is 0 Å². The Labute approximate surface area is 155 Å². The number of fused-ring (bicyclic) bond motifs is 1. The number of nitrogens with zero attached hydrogens (tertiary/aromatic N) is 6. The normalized spacial score (nSPS) is 19.4. The van der Waals surface area contributed by atoms with E-state index < -0.39 is 10.0 Å². The minimum atomic E-state index is -3.21. The Balaban J connectivity index is 1.67. The average molecular weight is 385 g/mol. The minimum Gasteiger partial charge on any atom is -0.331 e. The van der Waals surface area contributed by atoms with E-state index in [1.807, 2.05) is 11.8 Å². The molecule has 10 heteroatoms. The van der Waals surface area contributed by atoms with Crippen molar-refractivity contribution >= 4 is 16.1 Å². The maximum Gasteiger partial charge on any atom is 0.319 e. The first-order chi connectivity index (χ1) is 12.3. The van der Waals surface area contributed by atoms with E-state index in [4.69, 9.17) is 0 Å². The van der Waals surface area contributed by atoms with Crippen LogP contribution in [0.4, 0.5) is 4.79 Å². The van der Waals surface area contributed by atoms with Crippen LogP contribution in [0.15, 0.2) is 0 Å². The first-order valence-corrected chi connectivity index (χ1v) is 10.8. The van der Waals surface area contributed by atoms with Crippen LogP contribution in [0.5, 0.6) is 0 Å². The third kappa shape index (κ3) is 3.71. The Hall–Kier alpha value is -1.68. The van der Waals surface area contributed by atoms with Crippen molar-refractivity contribution in [3.63, 3.8) is 0 Å². The van der Waals surface area contributed by atoms with Crippen molar-refractivity contribution in [1.82, 2.24) is 28.9 Å². The Bertz CT molecular complexity index is 752. The predicted molar refractivity (Wildman–Crippen MR) is 97.1 cm³/mol. The van der Waals surface area contributed by atoms with Gasteiger partial charge in [0.15, 0.2) is 0 Å². The minimum absolute atomic E-state index is 0.0449. The largest absolute Gasteiger partial charge is 0.331 e. The highest BCUT2D eigenvalue weighted by Crippen LogP contribution is 2.29. The van der Waals surface area contributed by atoms with E-state index in [1.54, 1.807) is 19.0 Å². The van der Waals surface area contributed by atoms with E-state index in [0.29, 0.717) is 39.1 Å². The smallest absolute Gasteiger partial charge is 0.319 e. The molecule has 146 valence electrons. The van der Waals surface area contributed by atoms with E-state index in [2.05, 4.69) is 14.8 Å². The molecule has 26 heavy (non-hydrogen) atoms. The van der Waals surface area contributed by atoms with E-state index in [1.165, 1.54) is 4.31 Å². The van der Waals surface area contributed by atoms with Gasteiger partial charge in [0.05, 0.1) is 12.3 Å². The Morgan fingerprint density at radius 1 is 1.15 bits per heavy atom. The summed E-state index contributed by atoms with van der Waals surface area (Å²) in [5.74, 6) is 2.09. The molecule has 9 nitrogen and oxygen atoms in total. The lowest BCUT2D eigenvalue weighted by Gasteiger charge is -2.34. The van der Waals surface area contributed by atoms with E-state index in [9.17, 15) is 13.2 Å². The van der Waals surface area contributed by atoms with Gasteiger partial charge in [-0.2, -0.15) is 4.31 Å². The number of carbonyl (C=O) groups excluding carboxylic acids is 1. The molecule has 0 radical (unpaired) electrons. The van der Waals surface area contributed by atoms with Crippen molar-refractivity contribution in [3.05, 3.63) is 11.6 Å². The van der Waals surface area contributed by atoms with Gasteiger partial charge in [0.25, 0.3) is 0 Å². The van der Waals surface area contributed by atoms with Crippen LogP contribution in [0, 0.1) is 0 Å². The van der Waals surface area contributed by atoms with Crippen molar-refractivity contribution in [1.29, 1.82) is 0 Å². The highest BCUT2D eigenvalue weighted by molar-refractivity contribution is 7.89. The number of likely N-dealkylation sites (tertiary alicyclic amines) is 1. The highest BCUT2D eigenvalue weighted by atomic mass is 32.2. The fraction of sp³-hybridized carbons (Fsp3) is 0.812. The fourth-order valence-corrected chi connectivity index (χ4v) is 5.14. The van der Waals surface area contributed by atoms with Gasteiger partial charge < -0.3 is 14.4 Å². The van der Waals surface area contributed by atoms with Crippen molar-refractivity contribution < 1.29 is 13.2 Å². The van der Waals surface area contributed by atoms with E-state index in [-0.39, 0.29) is 17.7 Å². The summed E-state index contributed by atoms with van der Waals surface area (Å²) in [6.45, 7) is 4.65. The molecule has 0 atom stereocenters. The van der Waals surface area contributed by atoms with Gasteiger partial charge in [-0.3, -0.25) is 0 Å². The second-order valence-corrected chi connectivity index (χ2v) is 9.30. The molecule has 0 N–H and O–H groups in total. The molecule has 3 rings (SSSR count). The fourth-order valence-electron chi connectivity index (χ4n) is 3.70. The Kier molecular flexibility index (Phi) is 5.52. The van der Waals surface area contributed by atoms with Gasteiger partial charge in [-0.1, -0.05) is 6.92 Å². The first kappa shape index (κ1) is 19.1. The zero-order chi connectivity index (χ0) is 18.9. The third-order valence-electron chi connectivity index (χ3n) is 5.12. The lowest BCUT2D eigenvalue weighted by Crippen LogP contribution is -2.44. The second-order valence-electron chi connectivity index (χ2n) is 7.21. The number of carbonyl (C=O) groups is 1. The van der Waals surface area contributed by atoms with Crippen LogP contribution in [-0.4, -0.2) is 82.8 Å². The lowest BCUT2D eigenvalue weighted by molar-refractivity contribution is 0.155. The number of hydrogen-bond donors (Lipinski definition) is 0. The molecule has 0 saturated carbocycles. The molecule has 1 fully saturated rings. The molecular formula is C16H28N6O3S. The van der Waals surface area contributed by atoms with E-state index >= 15 is 0 Å². The zero-order valence-electron chi connectivity index (χ0n) is 15.8. The number of hydrogen-bond acceptors (Lipinski definition) is 5. The summed E-state index contributed by atoms with van der Waals surface area (Å²) in [4.78, 5) is 15.5. The number of urea groups is 1. The van der Waals surface area contributed by atoms with Gasteiger partial charge >= 0.3 is 6.03 Å². The quantitative estimate of drug-likeness (QED) is 0.762. The molecule has 1 aromatic rings. The summed E-state index contributed by atoms with van der Waals surface area (Å²) < 4.78 is 28.2. The molecule has 0 aromatic carbocycles. The van der Waals surface area contributed by atoms with Crippen molar-refractivity contribution in [2.75, 3.05) is 39.5 Å². The van der Waals surface area contributed by atoms with Gasteiger partial charge in [-0.15, -0.1) is 10.2 Å². The molecule has 0 unspecified atom stereocenters. The van der Waals surface area contributed by atoms with Gasteiger partial charge in [0.1, 0.15) is 11.6 Å². The Morgan fingerprint density at radius 3 is 2.46 bits per heavy atom. The summed E-state index contributed by atoms with van der Waals surface area (Å²) in [6, 6.07) is 0.0449. The van der Waals surface area contributed by atoms with Gasteiger partial charge in [0.2, 0.25) is 10.0 Å². The van der Waals surface area contributed by atoms with Crippen LogP contribution in [0.2, 0.25) is 0 Å². The lowest BCUT2D eigenvalue weighted by atomic mass is 9.96. The monoisotopic (exact) mass is 384 g/mol. The summed E-state index contributed by atoms with van der Waals surface area (Å²) in [7, 11) is 0.318. The van der Waals surface area contributed by atoms with Crippen LogP contribution >= 0.6 is 0 Å². The first-order valence-electron chi connectivity index (χ1n) is 9.19. The van der Waals surface area contributed by atoms with Crippen LogP contribution in [0.3, 0.4) is 0 Å². The number of aromatic nitrogens is 3. The molecule has 0 bridgehead atoms. The standard InChI is InChI=1S/C16H28N6O3S/c1-4-11-26(24,25)21-9-10-22-14(12-21)17-18-15(22)13-5-7-20(8-6-13)16(23)19(2)3/h13H,4-12H2,1-3H3. The molecular weight excluding hydrogens is 356 g/mol. The van der Waals surface area contributed by atoms with Crippen LogP contribution in [-0.2, 0) is 23.1 Å². The number of sulfonamides is 1. The van der Waals surface area contributed by atoms with Crippen molar-refractivity contribution in [3.8, 4) is 0 Å². The molecule has 2 aliphatic heterocycles. The van der Waals surface area contributed by atoms with Crippen molar-refractivity contribution in [2.24, 2.45) is 0 Å². The zero-order valence-corrected chi connectivity index (χ0v) is 16.6. The second kappa shape index (κ2) is 7.51. The van der Waals surface area contributed by atoms with Gasteiger partial charge in [-0.05, 0) is 19.3 Å². The van der Waals surface area contributed by atoms with Gasteiger partial charge in [-0.25, -0.2) is 13.2 Å². The molecule has 0 spiro atoms. The topological polar surface area (TPSA) is 91.6 Å². The molecule has 0 aliphatic carbocycles. The van der Waals surface area contributed by atoms with Crippen molar-refractivity contribution in [2.45, 2.75) is 45.2 Å². The Morgan fingerprint density at radius 2 is 1.85 bits per heavy atom. The molecule has 3 heterocycles. The maximum absolute atomic E-state index is 12.3. The average Bonchev–Trinajstić information content (AvgIpc) is 3.04. The number of rotatable bonds is 4. The summed E-state index contributed by atoms with van der Waals surface area (Å²) in [5, 5.41) is 8.62. The van der Waals surface area contributed by atoms with Gasteiger partial charge in [0, 0.05) is 46.2 Å². The highest BCUT2D eigenvalue weighted by Gasteiger charge is 2.32. The SMILES string of the molecule is CCCS(=O)(=O)N1CCn2c(nnc2C2CCN(C(=O)N(C)C)CC2)C1. The molecule has 2 amide bonds. The number of piperidine rings is 1. The number of amides is 2. The van der Waals surface area contributed by atoms with Crippen LogP contribution in [0.1, 0.15) is 43.8 Å². The summed E-state index contributed by atoms with van der Waals surface area (Å²) in [6.07, 6.45) is 2.33. The molecule has 2 aliphatic rings. The summed E-state index contributed by atoms with van der Waals surface area (Å²) >= 11 is 0. The molecule has 1 saturated heterocycles. The molecule has 1 aromatic heterocycles. The van der Waals surface area contributed by atoms with E-state index in [0.717, 1.165) is 24.5 Å². The predicted octanol–water partition coefficient (Wildman–Crippen LogP) is 0.695. The third-order valence-corrected chi connectivity index (χ3v) is 7.14. The summed E-state index contributed by atoms with van der Waals surface area (Å²) in [5.41, 5.74) is 0.